The van der Waals surface area contributed by atoms with Crippen LogP contribution in [0.3, 0.4) is 0 Å². The van der Waals surface area contributed by atoms with Crippen LogP contribution in [0, 0.1) is 13.8 Å². The number of hydrogen-bond acceptors (Lipinski definition) is 1. The lowest BCUT2D eigenvalue weighted by Gasteiger charge is -2.13. The Kier molecular flexibility index (Phi) is 5.75. The molecule has 164 valence electrons. The molecule has 2 heteroatoms. The Morgan fingerprint density at radius 2 is 1.48 bits per heavy atom. The van der Waals surface area contributed by atoms with E-state index in [4.69, 9.17) is 4.74 Å². The largest absolute Gasteiger partial charge is 0.497 e. The molecule has 0 aliphatic rings. The van der Waals surface area contributed by atoms with E-state index in [1.165, 1.54) is 49.8 Å². The summed E-state index contributed by atoms with van der Waals surface area (Å²) in [6, 6.07) is 32.4. The van der Waals surface area contributed by atoms with Gasteiger partial charge in [0.15, 0.2) is 0 Å². The van der Waals surface area contributed by atoms with Gasteiger partial charge in [0.05, 0.1) is 7.11 Å². The normalized spacial score (nSPS) is 11.1. The summed E-state index contributed by atoms with van der Waals surface area (Å²) in [5.74, 6) is 0.895. The number of aromatic nitrogens is 1. The van der Waals surface area contributed by atoms with Crippen molar-refractivity contribution in [3.05, 3.63) is 125 Å². The highest BCUT2D eigenvalue weighted by atomic mass is 16.5. The number of benzene rings is 4. The summed E-state index contributed by atoms with van der Waals surface area (Å²) < 4.78 is 7.92. The maximum absolute atomic E-state index is 5.56. The Morgan fingerprint density at radius 1 is 0.727 bits per heavy atom. The molecule has 0 fully saturated rings. The molecule has 0 aliphatic heterocycles. The van der Waals surface area contributed by atoms with Gasteiger partial charge in [-0.3, -0.25) is 0 Å². The zero-order valence-electron chi connectivity index (χ0n) is 19.5. The molecule has 4 aromatic carbocycles. The minimum Gasteiger partial charge on any atom is -0.497 e. The second-order valence-electron chi connectivity index (χ2n) is 8.73. The van der Waals surface area contributed by atoms with Gasteiger partial charge in [0.25, 0.3) is 0 Å². The van der Waals surface area contributed by atoms with Gasteiger partial charge in [-0.1, -0.05) is 72.8 Å². The Bertz CT molecular complexity index is 1410. The fraction of sp³-hybridized carbons (Fsp3) is 0.161. The number of fused-ring (bicyclic) bond motifs is 1. The van der Waals surface area contributed by atoms with Crippen LogP contribution in [0.4, 0.5) is 0 Å². The molecule has 0 saturated heterocycles. The first-order chi connectivity index (χ1) is 16.1. The van der Waals surface area contributed by atoms with E-state index in [1.54, 1.807) is 7.11 Å². The zero-order valence-corrected chi connectivity index (χ0v) is 19.5. The van der Waals surface area contributed by atoms with Crippen LogP contribution < -0.4 is 4.74 Å². The van der Waals surface area contributed by atoms with Gasteiger partial charge in [0, 0.05) is 23.6 Å². The van der Waals surface area contributed by atoms with Gasteiger partial charge in [-0.05, 0) is 77.4 Å². The van der Waals surface area contributed by atoms with Gasteiger partial charge in [-0.2, -0.15) is 0 Å². The minimum absolute atomic E-state index is 0.853. The SMILES string of the molecule is COc1ccc2c(c1)c(Cc1cccc(-c3ccccc3C)c1C)cn2Cc1ccccc1. The third kappa shape index (κ3) is 4.17. The molecule has 5 rings (SSSR count). The van der Waals surface area contributed by atoms with Crippen LogP contribution >= 0.6 is 0 Å². The van der Waals surface area contributed by atoms with Crippen LogP contribution in [-0.4, -0.2) is 11.7 Å². The second kappa shape index (κ2) is 8.99. The molecule has 0 unspecified atom stereocenters. The molecule has 5 aromatic rings. The van der Waals surface area contributed by atoms with Crippen LogP contribution in [0.15, 0.2) is 97.2 Å². The van der Waals surface area contributed by atoms with Gasteiger partial charge >= 0.3 is 0 Å². The molecule has 0 bridgehead atoms. The zero-order chi connectivity index (χ0) is 22.8. The van der Waals surface area contributed by atoms with E-state index < -0.39 is 0 Å². The van der Waals surface area contributed by atoms with Crippen molar-refractivity contribution >= 4 is 10.9 Å². The molecule has 0 amide bonds. The summed E-state index contributed by atoms with van der Waals surface area (Å²) in [5.41, 5.74) is 10.5. The van der Waals surface area contributed by atoms with Crippen molar-refractivity contribution in [2.75, 3.05) is 7.11 Å². The molecule has 0 radical (unpaired) electrons. The van der Waals surface area contributed by atoms with Crippen LogP contribution in [0.25, 0.3) is 22.0 Å². The lowest BCUT2D eigenvalue weighted by molar-refractivity contribution is 0.415. The highest BCUT2D eigenvalue weighted by Gasteiger charge is 2.14. The van der Waals surface area contributed by atoms with E-state index in [0.717, 1.165) is 18.7 Å². The minimum atomic E-state index is 0.853. The first-order valence-electron chi connectivity index (χ1n) is 11.5. The van der Waals surface area contributed by atoms with Crippen molar-refractivity contribution in [3.63, 3.8) is 0 Å². The van der Waals surface area contributed by atoms with E-state index in [2.05, 4.69) is 116 Å². The molecule has 0 atom stereocenters. The van der Waals surface area contributed by atoms with Crippen molar-refractivity contribution in [1.29, 1.82) is 0 Å². The standard InChI is InChI=1S/C31H29NO/c1-22-10-7-8-14-28(22)29-15-9-13-25(23(29)2)18-26-21-32(20-24-11-5-4-6-12-24)31-17-16-27(33-3)19-30(26)31/h4-17,19,21H,18,20H2,1-3H3. The Balaban J connectivity index is 1.58. The third-order valence-electron chi connectivity index (χ3n) is 6.63. The van der Waals surface area contributed by atoms with Gasteiger partial charge in [0.1, 0.15) is 5.75 Å². The first kappa shape index (κ1) is 21.1. The summed E-state index contributed by atoms with van der Waals surface area (Å²) in [6.07, 6.45) is 3.20. The van der Waals surface area contributed by atoms with E-state index >= 15 is 0 Å². The van der Waals surface area contributed by atoms with E-state index in [-0.39, 0.29) is 0 Å². The monoisotopic (exact) mass is 431 g/mol. The molecule has 0 spiro atoms. The molecule has 0 N–H and O–H groups in total. The molecule has 1 aromatic heterocycles. The van der Waals surface area contributed by atoms with E-state index in [0.29, 0.717) is 0 Å². The summed E-state index contributed by atoms with van der Waals surface area (Å²) >= 11 is 0. The number of nitrogens with zero attached hydrogens (tertiary/aromatic N) is 1. The van der Waals surface area contributed by atoms with Crippen molar-refractivity contribution in [1.82, 2.24) is 4.57 Å². The van der Waals surface area contributed by atoms with E-state index in [9.17, 15) is 0 Å². The van der Waals surface area contributed by atoms with Crippen molar-refractivity contribution in [2.45, 2.75) is 26.8 Å². The molecule has 0 saturated carbocycles. The molecular weight excluding hydrogens is 402 g/mol. The highest BCUT2D eigenvalue weighted by molar-refractivity contribution is 5.86. The number of rotatable bonds is 6. The first-order valence-corrected chi connectivity index (χ1v) is 11.5. The van der Waals surface area contributed by atoms with Crippen LogP contribution in [0.1, 0.15) is 27.8 Å². The Morgan fingerprint density at radius 3 is 2.27 bits per heavy atom. The number of hydrogen-bond donors (Lipinski definition) is 0. The van der Waals surface area contributed by atoms with Gasteiger partial charge in [-0.25, -0.2) is 0 Å². The van der Waals surface area contributed by atoms with Gasteiger partial charge < -0.3 is 9.30 Å². The van der Waals surface area contributed by atoms with Crippen molar-refractivity contribution in [3.8, 4) is 16.9 Å². The quantitative estimate of drug-likeness (QED) is 0.270. The van der Waals surface area contributed by atoms with Gasteiger partial charge in [0.2, 0.25) is 0 Å². The molecule has 33 heavy (non-hydrogen) atoms. The number of ether oxygens (including phenoxy) is 1. The van der Waals surface area contributed by atoms with Gasteiger partial charge in [-0.15, -0.1) is 0 Å². The maximum Gasteiger partial charge on any atom is 0.119 e. The average molecular weight is 432 g/mol. The fourth-order valence-corrected chi connectivity index (χ4v) is 4.78. The predicted octanol–water partition coefficient (Wildman–Crippen LogP) is 7.57. The fourth-order valence-electron chi connectivity index (χ4n) is 4.78. The number of aryl methyl sites for hydroxylation is 1. The maximum atomic E-state index is 5.56. The van der Waals surface area contributed by atoms with E-state index in [1.807, 2.05) is 0 Å². The van der Waals surface area contributed by atoms with Crippen molar-refractivity contribution < 1.29 is 4.74 Å². The summed E-state index contributed by atoms with van der Waals surface area (Å²) in [5, 5.41) is 1.26. The number of methoxy groups -OCH3 is 1. The molecule has 0 aliphatic carbocycles. The third-order valence-corrected chi connectivity index (χ3v) is 6.63. The van der Waals surface area contributed by atoms with Crippen molar-refractivity contribution in [2.24, 2.45) is 0 Å². The van der Waals surface area contributed by atoms with Crippen LogP contribution in [-0.2, 0) is 13.0 Å². The summed E-state index contributed by atoms with van der Waals surface area (Å²) in [7, 11) is 1.73. The second-order valence-corrected chi connectivity index (χ2v) is 8.73. The van der Waals surface area contributed by atoms with Crippen LogP contribution in [0.2, 0.25) is 0 Å². The Labute approximate surface area is 196 Å². The lowest BCUT2D eigenvalue weighted by atomic mass is 9.91. The highest BCUT2D eigenvalue weighted by Crippen LogP contribution is 2.32. The molecule has 1 heterocycles. The topological polar surface area (TPSA) is 14.2 Å². The lowest BCUT2D eigenvalue weighted by Crippen LogP contribution is -1.98. The predicted molar refractivity (Wildman–Crippen MR) is 138 cm³/mol. The Hall–Kier alpha value is -3.78. The van der Waals surface area contributed by atoms with Crippen LogP contribution in [0.5, 0.6) is 5.75 Å². The average Bonchev–Trinajstić information content (AvgIpc) is 3.17. The smallest absolute Gasteiger partial charge is 0.119 e. The summed E-state index contributed by atoms with van der Waals surface area (Å²) in [4.78, 5) is 0. The molecule has 2 nitrogen and oxygen atoms in total. The summed E-state index contributed by atoms with van der Waals surface area (Å²) in [6.45, 7) is 5.29. The molecular formula is C31H29NO.